The third-order valence-electron chi connectivity index (χ3n) is 3.28. The van der Waals surface area contributed by atoms with Crippen LogP contribution >= 0.6 is 0 Å². The van der Waals surface area contributed by atoms with E-state index in [-0.39, 0.29) is 6.10 Å². The van der Waals surface area contributed by atoms with E-state index in [0.717, 1.165) is 6.42 Å². The summed E-state index contributed by atoms with van der Waals surface area (Å²) in [6.07, 6.45) is 0.386. The molecule has 7 nitrogen and oxygen atoms in total. The number of ether oxygens (including phenoxy) is 1. The van der Waals surface area contributed by atoms with Gasteiger partial charge in [-0.1, -0.05) is 13.8 Å². The fourth-order valence-corrected chi connectivity index (χ4v) is 1.99. The Morgan fingerprint density at radius 2 is 1.91 bits per heavy atom. The van der Waals surface area contributed by atoms with Crippen molar-refractivity contribution in [2.24, 2.45) is 11.7 Å². The molecule has 0 radical (unpaired) electrons. The van der Waals surface area contributed by atoms with Crippen LogP contribution in [-0.4, -0.2) is 23.3 Å². The Morgan fingerprint density at radius 1 is 1.26 bits per heavy atom. The van der Waals surface area contributed by atoms with Gasteiger partial charge in [0.05, 0.1) is 0 Å². The van der Waals surface area contributed by atoms with E-state index in [0.29, 0.717) is 29.1 Å². The number of urea groups is 1. The normalized spacial score (nSPS) is 12.2. The van der Waals surface area contributed by atoms with E-state index >= 15 is 0 Å². The van der Waals surface area contributed by atoms with Crippen molar-refractivity contribution in [2.45, 2.75) is 33.3 Å². The number of hydrogen-bond donors (Lipinski definition) is 1. The SMILES string of the molecule is CC(C)Cc1nnc([C@@H](C)Oc2ccc(N(C)C(N)=O)cc2)o1. The number of amides is 2. The first-order valence-electron chi connectivity index (χ1n) is 7.49. The number of carbonyl (C=O) groups excluding carboxylic acids is 1. The molecular weight excluding hydrogens is 296 g/mol. The number of benzene rings is 1. The molecule has 7 heteroatoms. The molecule has 2 rings (SSSR count). The zero-order valence-electron chi connectivity index (χ0n) is 13.8. The van der Waals surface area contributed by atoms with Crippen molar-refractivity contribution in [2.75, 3.05) is 11.9 Å². The minimum Gasteiger partial charge on any atom is -0.481 e. The van der Waals surface area contributed by atoms with Gasteiger partial charge in [0.1, 0.15) is 5.75 Å². The van der Waals surface area contributed by atoms with Gasteiger partial charge in [0.15, 0.2) is 6.10 Å². The maximum Gasteiger partial charge on any atom is 0.318 e. The number of rotatable bonds is 6. The molecule has 1 aromatic heterocycles. The molecule has 124 valence electrons. The summed E-state index contributed by atoms with van der Waals surface area (Å²) in [7, 11) is 1.61. The van der Waals surface area contributed by atoms with Gasteiger partial charge in [-0.3, -0.25) is 4.90 Å². The summed E-state index contributed by atoms with van der Waals surface area (Å²) in [6, 6.07) is 6.51. The van der Waals surface area contributed by atoms with Crippen LogP contribution < -0.4 is 15.4 Å². The molecule has 1 aromatic carbocycles. The third-order valence-corrected chi connectivity index (χ3v) is 3.28. The molecule has 2 N–H and O–H groups in total. The molecule has 0 aliphatic heterocycles. The minimum absolute atomic E-state index is 0.358. The third kappa shape index (κ3) is 4.45. The van der Waals surface area contributed by atoms with Crippen molar-refractivity contribution in [3.63, 3.8) is 0 Å². The van der Waals surface area contributed by atoms with Gasteiger partial charge in [-0.25, -0.2) is 4.79 Å². The van der Waals surface area contributed by atoms with Crippen LogP contribution in [0.4, 0.5) is 10.5 Å². The Labute approximate surface area is 135 Å². The summed E-state index contributed by atoms with van der Waals surface area (Å²) in [4.78, 5) is 12.5. The van der Waals surface area contributed by atoms with Crippen molar-refractivity contribution >= 4 is 11.7 Å². The molecule has 2 amide bonds. The maximum atomic E-state index is 11.1. The highest BCUT2D eigenvalue weighted by Gasteiger charge is 2.16. The predicted molar refractivity (Wildman–Crippen MR) is 86.3 cm³/mol. The maximum absolute atomic E-state index is 11.1. The largest absolute Gasteiger partial charge is 0.481 e. The summed E-state index contributed by atoms with van der Waals surface area (Å²) in [5, 5.41) is 8.04. The molecule has 1 atom stereocenters. The van der Waals surface area contributed by atoms with Crippen LogP contribution in [0.15, 0.2) is 28.7 Å². The quantitative estimate of drug-likeness (QED) is 0.883. The number of nitrogens with two attached hydrogens (primary N) is 1. The van der Waals surface area contributed by atoms with Gasteiger partial charge < -0.3 is 14.9 Å². The number of hydrogen-bond acceptors (Lipinski definition) is 5. The first kappa shape index (κ1) is 16.8. The average molecular weight is 318 g/mol. The van der Waals surface area contributed by atoms with Crippen LogP contribution in [-0.2, 0) is 6.42 Å². The topological polar surface area (TPSA) is 94.5 Å². The zero-order valence-corrected chi connectivity index (χ0v) is 13.8. The van der Waals surface area contributed by atoms with Crippen LogP contribution in [0.5, 0.6) is 5.75 Å². The van der Waals surface area contributed by atoms with Crippen LogP contribution in [0.2, 0.25) is 0 Å². The summed E-state index contributed by atoms with van der Waals surface area (Å²) in [5.41, 5.74) is 5.92. The van der Waals surface area contributed by atoms with E-state index in [1.165, 1.54) is 4.90 Å². The van der Waals surface area contributed by atoms with Crippen LogP contribution in [0.3, 0.4) is 0 Å². The van der Waals surface area contributed by atoms with Gasteiger partial charge in [-0.2, -0.15) is 0 Å². The molecule has 0 spiro atoms. The lowest BCUT2D eigenvalue weighted by molar-refractivity contribution is 0.185. The second-order valence-electron chi connectivity index (χ2n) is 5.78. The summed E-state index contributed by atoms with van der Waals surface area (Å²) in [5.74, 6) is 2.15. The summed E-state index contributed by atoms with van der Waals surface area (Å²) >= 11 is 0. The highest BCUT2D eigenvalue weighted by molar-refractivity contribution is 5.90. The fraction of sp³-hybridized carbons (Fsp3) is 0.438. The van der Waals surface area contributed by atoms with Crippen molar-refractivity contribution in [1.29, 1.82) is 0 Å². The molecule has 0 saturated carbocycles. The molecule has 23 heavy (non-hydrogen) atoms. The van der Waals surface area contributed by atoms with Gasteiger partial charge in [0.2, 0.25) is 5.89 Å². The molecule has 0 aliphatic rings. The van der Waals surface area contributed by atoms with Crippen molar-refractivity contribution in [1.82, 2.24) is 10.2 Å². The minimum atomic E-state index is -0.518. The van der Waals surface area contributed by atoms with Gasteiger partial charge in [0, 0.05) is 19.2 Å². The van der Waals surface area contributed by atoms with Crippen LogP contribution in [0.25, 0.3) is 0 Å². The molecule has 0 bridgehead atoms. The van der Waals surface area contributed by atoms with Crippen molar-refractivity contribution in [3.05, 3.63) is 36.0 Å². The Kier molecular flexibility index (Phi) is 5.20. The molecule has 0 saturated heterocycles. The summed E-state index contributed by atoms with van der Waals surface area (Å²) in [6.45, 7) is 6.03. The second kappa shape index (κ2) is 7.13. The van der Waals surface area contributed by atoms with Crippen molar-refractivity contribution in [3.8, 4) is 5.75 Å². The molecular formula is C16H22N4O3. The first-order valence-corrected chi connectivity index (χ1v) is 7.49. The monoisotopic (exact) mass is 318 g/mol. The first-order chi connectivity index (χ1) is 10.9. The standard InChI is InChI=1S/C16H22N4O3/c1-10(2)9-14-18-19-15(23-14)11(3)22-13-7-5-12(6-8-13)20(4)16(17)21/h5-8,10-11H,9H2,1-4H3,(H2,17,21)/t11-/m1/s1. The average Bonchev–Trinajstić information content (AvgIpc) is 2.95. The van der Waals surface area contributed by atoms with E-state index in [9.17, 15) is 4.79 Å². The molecule has 0 fully saturated rings. The lowest BCUT2D eigenvalue weighted by atomic mass is 10.1. The van der Waals surface area contributed by atoms with Crippen LogP contribution in [0.1, 0.15) is 38.7 Å². The van der Waals surface area contributed by atoms with E-state index in [1.54, 1.807) is 31.3 Å². The molecule has 0 unspecified atom stereocenters. The lowest BCUT2D eigenvalue weighted by Crippen LogP contribution is -2.31. The lowest BCUT2D eigenvalue weighted by Gasteiger charge is -2.15. The number of nitrogens with zero attached hydrogens (tertiary/aromatic N) is 3. The highest BCUT2D eigenvalue weighted by atomic mass is 16.5. The zero-order chi connectivity index (χ0) is 17.0. The van der Waals surface area contributed by atoms with E-state index in [2.05, 4.69) is 24.0 Å². The number of aromatic nitrogens is 2. The Bertz CT molecular complexity index is 652. The number of carbonyl (C=O) groups is 1. The van der Waals surface area contributed by atoms with Crippen molar-refractivity contribution < 1.29 is 13.9 Å². The molecule has 2 aromatic rings. The Morgan fingerprint density at radius 3 is 2.48 bits per heavy atom. The van der Waals surface area contributed by atoms with Gasteiger partial charge in [-0.15, -0.1) is 10.2 Å². The predicted octanol–water partition coefficient (Wildman–Crippen LogP) is 2.92. The summed E-state index contributed by atoms with van der Waals surface area (Å²) < 4.78 is 11.4. The van der Waals surface area contributed by atoms with E-state index in [1.807, 2.05) is 6.92 Å². The van der Waals surface area contributed by atoms with E-state index in [4.69, 9.17) is 14.9 Å². The second-order valence-corrected chi connectivity index (χ2v) is 5.78. The molecule has 1 heterocycles. The van der Waals surface area contributed by atoms with Gasteiger partial charge >= 0.3 is 6.03 Å². The fourth-order valence-electron chi connectivity index (χ4n) is 1.99. The van der Waals surface area contributed by atoms with Gasteiger partial charge in [-0.05, 0) is 37.1 Å². The molecule has 0 aliphatic carbocycles. The van der Waals surface area contributed by atoms with Crippen LogP contribution in [0, 0.1) is 5.92 Å². The van der Waals surface area contributed by atoms with E-state index < -0.39 is 6.03 Å². The number of anilines is 1. The smallest absolute Gasteiger partial charge is 0.318 e. The number of primary amides is 1. The highest BCUT2D eigenvalue weighted by Crippen LogP contribution is 2.24. The Hall–Kier alpha value is -2.57. The Balaban J connectivity index is 2.01. The van der Waals surface area contributed by atoms with Gasteiger partial charge in [0.25, 0.3) is 5.89 Å².